The van der Waals surface area contributed by atoms with E-state index in [0.29, 0.717) is 18.1 Å². The second kappa shape index (κ2) is 8.53. The van der Waals surface area contributed by atoms with E-state index >= 15 is 0 Å². The fourth-order valence-electron chi connectivity index (χ4n) is 1.90. The molecule has 0 radical (unpaired) electrons. The smallest absolute Gasteiger partial charge is 0.227 e. The standard InChI is InChI=1S/C15H19N3O3.ClH/c1-10-9-21-15(17-10)11-4-3-5-12(6-11)18-14(19)7-13(8-16)20-2;/h3-6,9,13H,7-8,16H2,1-2H3,(H,18,19);1H. The van der Waals surface area contributed by atoms with Crippen LogP contribution in [0.25, 0.3) is 11.5 Å². The Morgan fingerprint density at radius 1 is 1.50 bits per heavy atom. The van der Waals surface area contributed by atoms with Gasteiger partial charge in [0.2, 0.25) is 11.8 Å². The summed E-state index contributed by atoms with van der Waals surface area (Å²) in [4.78, 5) is 16.2. The molecule has 0 fully saturated rings. The lowest BCUT2D eigenvalue weighted by atomic mass is 10.2. The maximum atomic E-state index is 11.9. The Bertz CT molecular complexity index is 612. The van der Waals surface area contributed by atoms with Gasteiger partial charge in [0.05, 0.1) is 18.2 Å². The van der Waals surface area contributed by atoms with Gasteiger partial charge in [0.1, 0.15) is 6.26 Å². The number of carbonyl (C=O) groups is 1. The largest absolute Gasteiger partial charge is 0.444 e. The molecule has 0 aliphatic rings. The fraction of sp³-hybridized carbons (Fsp3) is 0.333. The van der Waals surface area contributed by atoms with Gasteiger partial charge in [-0.05, 0) is 25.1 Å². The van der Waals surface area contributed by atoms with E-state index in [2.05, 4.69) is 10.3 Å². The summed E-state index contributed by atoms with van der Waals surface area (Å²) in [6, 6.07) is 7.33. The summed E-state index contributed by atoms with van der Waals surface area (Å²) in [7, 11) is 1.54. The van der Waals surface area contributed by atoms with E-state index in [1.54, 1.807) is 12.3 Å². The summed E-state index contributed by atoms with van der Waals surface area (Å²) < 4.78 is 10.4. The van der Waals surface area contributed by atoms with Gasteiger partial charge in [0, 0.05) is 24.9 Å². The maximum Gasteiger partial charge on any atom is 0.227 e. The lowest BCUT2D eigenvalue weighted by Crippen LogP contribution is -2.28. The first kappa shape index (κ1) is 18.2. The van der Waals surface area contributed by atoms with Crippen LogP contribution in [-0.4, -0.2) is 30.6 Å². The molecule has 0 saturated carbocycles. The predicted octanol–water partition coefficient (Wildman–Crippen LogP) is 2.37. The third-order valence-electron chi connectivity index (χ3n) is 3.02. The average Bonchev–Trinajstić information content (AvgIpc) is 2.91. The number of hydrogen-bond acceptors (Lipinski definition) is 5. The minimum Gasteiger partial charge on any atom is -0.444 e. The van der Waals surface area contributed by atoms with E-state index in [1.807, 2.05) is 25.1 Å². The molecule has 0 aliphatic heterocycles. The van der Waals surface area contributed by atoms with Crippen LogP contribution in [0.4, 0.5) is 5.69 Å². The number of nitrogens with two attached hydrogens (primary N) is 1. The van der Waals surface area contributed by atoms with Crippen LogP contribution < -0.4 is 11.1 Å². The zero-order valence-electron chi connectivity index (χ0n) is 12.5. The topological polar surface area (TPSA) is 90.4 Å². The number of carbonyl (C=O) groups excluding carboxylic acids is 1. The van der Waals surface area contributed by atoms with Crippen LogP contribution in [0.2, 0.25) is 0 Å². The number of nitrogens with one attached hydrogen (secondary N) is 1. The van der Waals surface area contributed by atoms with Crippen molar-refractivity contribution in [1.82, 2.24) is 4.98 Å². The number of methoxy groups -OCH3 is 1. The molecule has 1 atom stereocenters. The highest BCUT2D eigenvalue weighted by atomic mass is 35.5. The van der Waals surface area contributed by atoms with Gasteiger partial charge < -0.3 is 20.2 Å². The lowest BCUT2D eigenvalue weighted by Gasteiger charge is -2.12. The molecule has 1 heterocycles. The van der Waals surface area contributed by atoms with E-state index in [4.69, 9.17) is 14.9 Å². The van der Waals surface area contributed by atoms with Crippen molar-refractivity contribution in [3.63, 3.8) is 0 Å². The van der Waals surface area contributed by atoms with Crippen LogP contribution in [0.1, 0.15) is 12.1 Å². The highest BCUT2D eigenvalue weighted by Crippen LogP contribution is 2.22. The number of aryl methyl sites for hydroxylation is 1. The van der Waals surface area contributed by atoms with Crippen LogP contribution in [0.15, 0.2) is 34.9 Å². The molecule has 7 heteroatoms. The summed E-state index contributed by atoms with van der Waals surface area (Å²) >= 11 is 0. The molecule has 3 N–H and O–H groups in total. The van der Waals surface area contributed by atoms with Crippen molar-refractivity contribution >= 4 is 24.0 Å². The Kier molecular flexibility index (Phi) is 7.04. The number of nitrogens with zero attached hydrogens (tertiary/aromatic N) is 1. The summed E-state index contributed by atoms with van der Waals surface area (Å²) in [5.41, 5.74) is 7.80. The van der Waals surface area contributed by atoms with Gasteiger partial charge in [0.15, 0.2) is 0 Å². The molecular weight excluding hydrogens is 306 g/mol. The van der Waals surface area contributed by atoms with Crippen molar-refractivity contribution in [3.05, 3.63) is 36.2 Å². The minimum atomic E-state index is -0.275. The third-order valence-corrected chi connectivity index (χ3v) is 3.02. The van der Waals surface area contributed by atoms with Crippen LogP contribution >= 0.6 is 12.4 Å². The molecular formula is C15H20ClN3O3. The van der Waals surface area contributed by atoms with Crippen LogP contribution in [0, 0.1) is 6.92 Å². The molecule has 1 aromatic heterocycles. The molecule has 120 valence electrons. The SMILES string of the molecule is COC(CN)CC(=O)Nc1cccc(-c2nc(C)co2)c1.Cl. The van der Waals surface area contributed by atoms with Gasteiger partial charge in [0.25, 0.3) is 0 Å². The van der Waals surface area contributed by atoms with Gasteiger partial charge in [-0.25, -0.2) is 4.98 Å². The molecule has 0 aliphatic carbocycles. The molecule has 2 rings (SSSR count). The van der Waals surface area contributed by atoms with E-state index in [1.165, 1.54) is 7.11 Å². The molecule has 1 aromatic carbocycles. The molecule has 1 amide bonds. The Morgan fingerprint density at radius 3 is 2.86 bits per heavy atom. The molecule has 0 spiro atoms. The van der Waals surface area contributed by atoms with Crippen molar-refractivity contribution < 1.29 is 13.9 Å². The second-order valence-electron chi connectivity index (χ2n) is 4.72. The Hall–Kier alpha value is -1.89. The molecule has 6 nitrogen and oxygen atoms in total. The third kappa shape index (κ3) is 4.84. The number of amides is 1. The summed E-state index contributed by atoms with van der Waals surface area (Å²) in [6.45, 7) is 2.16. The van der Waals surface area contributed by atoms with Gasteiger partial charge in [-0.15, -0.1) is 12.4 Å². The van der Waals surface area contributed by atoms with Gasteiger partial charge >= 0.3 is 0 Å². The average molecular weight is 326 g/mol. The second-order valence-corrected chi connectivity index (χ2v) is 4.72. The predicted molar refractivity (Wildman–Crippen MR) is 87.0 cm³/mol. The highest BCUT2D eigenvalue weighted by Gasteiger charge is 2.12. The zero-order valence-corrected chi connectivity index (χ0v) is 13.4. The highest BCUT2D eigenvalue weighted by molar-refractivity contribution is 5.91. The van der Waals surface area contributed by atoms with Crippen molar-refractivity contribution in [1.29, 1.82) is 0 Å². The molecule has 0 saturated heterocycles. The maximum absolute atomic E-state index is 11.9. The molecule has 1 unspecified atom stereocenters. The van der Waals surface area contributed by atoms with Crippen molar-refractivity contribution in [3.8, 4) is 11.5 Å². The van der Waals surface area contributed by atoms with Gasteiger partial charge in [-0.2, -0.15) is 0 Å². The van der Waals surface area contributed by atoms with Gasteiger partial charge in [-0.1, -0.05) is 6.07 Å². The van der Waals surface area contributed by atoms with Crippen molar-refractivity contribution in [2.45, 2.75) is 19.4 Å². The summed E-state index contributed by atoms with van der Waals surface area (Å²) in [5, 5.41) is 2.81. The number of anilines is 1. The zero-order chi connectivity index (χ0) is 15.2. The number of oxazole rings is 1. The number of halogens is 1. The van der Waals surface area contributed by atoms with E-state index in [9.17, 15) is 4.79 Å². The molecule has 0 bridgehead atoms. The summed E-state index contributed by atoms with van der Waals surface area (Å²) in [5.74, 6) is 0.383. The first-order valence-corrected chi connectivity index (χ1v) is 6.67. The first-order valence-electron chi connectivity index (χ1n) is 6.67. The monoisotopic (exact) mass is 325 g/mol. The van der Waals surface area contributed by atoms with E-state index in [-0.39, 0.29) is 30.8 Å². The Balaban J connectivity index is 0.00000242. The lowest BCUT2D eigenvalue weighted by molar-refractivity contribution is -0.118. The van der Waals surface area contributed by atoms with E-state index in [0.717, 1.165) is 11.3 Å². The van der Waals surface area contributed by atoms with E-state index < -0.39 is 0 Å². The first-order chi connectivity index (χ1) is 10.1. The number of hydrogen-bond donors (Lipinski definition) is 2. The fourth-order valence-corrected chi connectivity index (χ4v) is 1.90. The number of benzene rings is 1. The number of ether oxygens (including phenoxy) is 1. The Labute approximate surface area is 135 Å². The van der Waals surface area contributed by atoms with Gasteiger partial charge in [-0.3, -0.25) is 4.79 Å². The number of aromatic nitrogens is 1. The Morgan fingerprint density at radius 2 is 2.27 bits per heavy atom. The minimum absolute atomic E-state index is 0. The summed E-state index contributed by atoms with van der Waals surface area (Å²) in [6.07, 6.45) is 1.53. The molecule has 22 heavy (non-hydrogen) atoms. The normalized spacial score (nSPS) is 11.6. The quantitative estimate of drug-likeness (QED) is 0.851. The van der Waals surface area contributed by atoms with Crippen LogP contribution in [0.5, 0.6) is 0 Å². The number of rotatable bonds is 6. The van der Waals surface area contributed by atoms with Crippen molar-refractivity contribution in [2.24, 2.45) is 5.73 Å². The van der Waals surface area contributed by atoms with Crippen molar-refractivity contribution in [2.75, 3.05) is 19.0 Å². The molecule has 2 aromatic rings. The van der Waals surface area contributed by atoms with Crippen LogP contribution in [-0.2, 0) is 9.53 Å². The van der Waals surface area contributed by atoms with Crippen LogP contribution in [0.3, 0.4) is 0 Å².